The van der Waals surface area contributed by atoms with Crippen molar-refractivity contribution in [3.8, 4) is 0 Å². The standard InChI is InChI=1S/C9H20FN/c1-2-3-4-5-6-7-8-9-11-10/h11H,2-9H2,1H3. The van der Waals surface area contributed by atoms with Crippen molar-refractivity contribution in [3.05, 3.63) is 0 Å². The fourth-order valence-electron chi connectivity index (χ4n) is 1.15. The summed E-state index contributed by atoms with van der Waals surface area (Å²) in [5, 5.41) is 0. The van der Waals surface area contributed by atoms with Gasteiger partial charge in [-0.05, 0) is 6.42 Å². The molecule has 0 atom stereocenters. The van der Waals surface area contributed by atoms with E-state index in [1.54, 1.807) is 5.54 Å². The molecule has 2 heteroatoms. The summed E-state index contributed by atoms with van der Waals surface area (Å²) >= 11 is 0. The summed E-state index contributed by atoms with van der Waals surface area (Å²) in [5.41, 5.74) is 1.67. The van der Waals surface area contributed by atoms with Gasteiger partial charge in [0.05, 0.1) is 0 Å². The van der Waals surface area contributed by atoms with E-state index in [0.29, 0.717) is 6.54 Å². The first-order chi connectivity index (χ1) is 5.41. The largest absolute Gasteiger partial charge is 0.159 e. The van der Waals surface area contributed by atoms with Crippen LogP contribution in [0, 0.1) is 0 Å². The first-order valence-corrected chi connectivity index (χ1v) is 4.75. The molecule has 0 aliphatic heterocycles. The Balaban J connectivity index is 2.69. The average Bonchev–Trinajstić information content (AvgIpc) is 2.03. The Hall–Kier alpha value is -0.110. The molecule has 0 amide bonds. The zero-order valence-electron chi connectivity index (χ0n) is 7.53. The molecule has 0 heterocycles. The van der Waals surface area contributed by atoms with Gasteiger partial charge in [-0.15, -0.1) is 4.48 Å². The normalized spacial score (nSPS) is 10.4. The van der Waals surface area contributed by atoms with Gasteiger partial charge in [-0.1, -0.05) is 45.4 Å². The molecule has 0 fully saturated rings. The summed E-state index contributed by atoms with van der Waals surface area (Å²) in [6.07, 6.45) is 8.72. The van der Waals surface area contributed by atoms with Crippen LogP contribution in [0.1, 0.15) is 51.9 Å². The van der Waals surface area contributed by atoms with Crippen molar-refractivity contribution in [3.63, 3.8) is 0 Å². The fraction of sp³-hybridized carbons (Fsp3) is 1.00. The monoisotopic (exact) mass is 161 g/mol. The Morgan fingerprint density at radius 2 is 1.45 bits per heavy atom. The van der Waals surface area contributed by atoms with Crippen molar-refractivity contribution >= 4 is 0 Å². The highest BCUT2D eigenvalue weighted by molar-refractivity contribution is 4.45. The van der Waals surface area contributed by atoms with E-state index in [1.807, 2.05) is 0 Å². The Morgan fingerprint density at radius 3 is 2.00 bits per heavy atom. The minimum absolute atomic E-state index is 0.522. The lowest BCUT2D eigenvalue weighted by Gasteiger charge is -1.98. The van der Waals surface area contributed by atoms with Gasteiger partial charge in [-0.25, -0.2) is 0 Å². The van der Waals surface area contributed by atoms with E-state index in [2.05, 4.69) is 6.92 Å². The van der Waals surface area contributed by atoms with Gasteiger partial charge in [0.2, 0.25) is 0 Å². The minimum atomic E-state index is 0.522. The second-order valence-electron chi connectivity index (χ2n) is 3.00. The average molecular weight is 161 g/mol. The number of rotatable bonds is 8. The van der Waals surface area contributed by atoms with E-state index in [0.717, 1.165) is 6.42 Å². The predicted molar refractivity (Wildman–Crippen MR) is 47.1 cm³/mol. The lowest BCUT2D eigenvalue weighted by Crippen LogP contribution is -2.01. The molecule has 11 heavy (non-hydrogen) atoms. The number of unbranched alkanes of at least 4 members (excludes halogenated alkanes) is 6. The molecular weight excluding hydrogens is 141 g/mol. The maximum absolute atomic E-state index is 11.4. The highest BCUT2D eigenvalue weighted by atomic mass is 19.2. The molecule has 0 saturated heterocycles. The number of hydrogen-bond donors (Lipinski definition) is 1. The number of halogens is 1. The third kappa shape index (κ3) is 9.89. The van der Waals surface area contributed by atoms with Gasteiger partial charge < -0.3 is 0 Å². The Kier molecular flexibility index (Phi) is 9.79. The first-order valence-electron chi connectivity index (χ1n) is 4.75. The van der Waals surface area contributed by atoms with E-state index < -0.39 is 0 Å². The van der Waals surface area contributed by atoms with Crippen molar-refractivity contribution in [2.75, 3.05) is 6.54 Å². The highest BCUT2D eigenvalue weighted by Crippen LogP contribution is 2.05. The van der Waals surface area contributed by atoms with Crippen LogP contribution in [0.3, 0.4) is 0 Å². The van der Waals surface area contributed by atoms with Crippen LogP contribution < -0.4 is 5.54 Å². The summed E-state index contributed by atoms with van der Waals surface area (Å²) in [6, 6.07) is 0. The molecule has 1 nitrogen and oxygen atoms in total. The molecule has 0 aromatic rings. The van der Waals surface area contributed by atoms with Crippen LogP contribution in [0.25, 0.3) is 0 Å². The van der Waals surface area contributed by atoms with Crippen LogP contribution in [0.4, 0.5) is 4.48 Å². The van der Waals surface area contributed by atoms with Crippen molar-refractivity contribution in [2.45, 2.75) is 51.9 Å². The van der Waals surface area contributed by atoms with E-state index in [-0.39, 0.29) is 0 Å². The number of nitrogens with one attached hydrogen (secondary N) is 1. The van der Waals surface area contributed by atoms with Crippen LogP contribution in [-0.4, -0.2) is 6.54 Å². The van der Waals surface area contributed by atoms with Crippen molar-refractivity contribution in [2.24, 2.45) is 0 Å². The van der Waals surface area contributed by atoms with Crippen molar-refractivity contribution in [1.29, 1.82) is 0 Å². The minimum Gasteiger partial charge on any atom is -0.159 e. The molecular formula is C9H20FN. The fourth-order valence-corrected chi connectivity index (χ4v) is 1.15. The van der Waals surface area contributed by atoms with Crippen LogP contribution in [0.15, 0.2) is 0 Å². The molecule has 0 radical (unpaired) electrons. The quantitative estimate of drug-likeness (QED) is 0.426. The van der Waals surface area contributed by atoms with E-state index in [4.69, 9.17) is 0 Å². The Labute approximate surface area is 69.3 Å². The molecule has 0 saturated carbocycles. The van der Waals surface area contributed by atoms with Gasteiger partial charge in [0.1, 0.15) is 0 Å². The summed E-state index contributed by atoms with van der Waals surface area (Å²) in [5.74, 6) is 0. The second-order valence-corrected chi connectivity index (χ2v) is 3.00. The number of hydrogen-bond acceptors (Lipinski definition) is 1. The van der Waals surface area contributed by atoms with Crippen molar-refractivity contribution < 1.29 is 4.48 Å². The third-order valence-corrected chi connectivity index (χ3v) is 1.87. The van der Waals surface area contributed by atoms with Gasteiger partial charge in [-0.2, -0.15) is 5.54 Å². The third-order valence-electron chi connectivity index (χ3n) is 1.87. The topological polar surface area (TPSA) is 12.0 Å². The molecule has 0 aliphatic rings. The lowest BCUT2D eigenvalue weighted by atomic mass is 10.1. The molecule has 68 valence electrons. The molecule has 0 aliphatic carbocycles. The van der Waals surface area contributed by atoms with E-state index in [9.17, 15) is 4.48 Å². The maximum atomic E-state index is 11.4. The zero-order valence-corrected chi connectivity index (χ0v) is 7.53. The summed E-state index contributed by atoms with van der Waals surface area (Å²) in [7, 11) is 0. The Morgan fingerprint density at radius 1 is 0.909 bits per heavy atom. The molecule has 0 aromatic carbocycles. The van der Waals surface area contributed by atoms with Crippen molar-refractivity contribution in [1.82, 2.24) is 5.54 Å². The van der Waals surface area contributed by atoms with E-state index in [1.165, 1.54) is 38.5 Å². The van der Waals surface area contributed by atoms with Crippen LogP contribution in [0.5, 0.6) is 0 Å². The highest BCUT2D eigenvalue weighted by Gasteiger charge is 1.89. The SMILES string of the molecule is CCCCCCCCCNF. The maximum Gasteiger partial charge on any atom is 0.0259 e. The molecule has 0 aromatic heterocycles. The lowest BCUT2D eigenvalue weighted by molar-refractivity contribution is 0.327. The van der Waals surface area contributed by atoms with Gasteiger partial charge in [0, 0.05) is 6.54 Å². The smallest absolute Gasteiger partial charge is 0.0259 e. The summed E-state index contributed by atoms with van der Waals surface area (Å²) in [4.78, 5) is 0. The van der Waals surface area contributed by atoms with Gasteiger partial charge in [-0.3, -0.25) is 0 Å². The van der Waals surface area contributed by atoms with Crippen LogP contribution in [0.2, 0.25) is 0 Å². The van der Waals surface area contributed by atoms with Gasteiger partial charge >= 0.3 is 0 Å². The molecule has 0 bridgehead atoms. The van der Waals surface area contributed by atoms with Gasteiger partial charge in [0.15, 0.2) is 0 Å². The zero-order chi connectivity index (χ0) is 8.36. The van der Waals surface area contributed by atoms with Crippen LogP contribution >= 0.6 is 0 Å². The Bertz CT molecular complexity index is 58.6. The second kappa shape index (κ2) is 9.89. The summed E-state index contributed by atoms with van der Waals surface area (Å²) < 4.78 is 11.4. The van der Waals surface area contributed by atoms with Crippen LogP contribution in [-0.2, 0) is 0 Å². The molecule has 0 unspecified atom stereocenters. The first kappa shape index (κ1) is 10.9. The molecule has 0 rings (SSSR count). The van der Waals surface area contributed by atoms with Gasteiger partial charge in [0.25, 0.3) is 0 Å². The molecule has 0 spiro atoms. The molecule has 1 N–H and O–H groups in total. The predicted octanol–water partition coefficient (Wildman–Crippen LogP) is 3.21. The summed E-state index contributed by atoms with van der Waals surface area (Å²) in [6.45, 7) is 2.74. The van der Waals surface area contributed by atoms with E-state index >= 15 is 0 Å².